The molecule has 0 fully saturated rings. The topological polar surface area (TPSA) is 63.3 Å². The molecule has 1 aromatic rings. The molecule has 3 N–H and O–H groups in total. The van der Waals surface area contributed by atoms with Gasteiger partial charge in [-0.15, -0.1) is 0 Å². The molecule has 16 heavy (non-hydrogen) atoms. The van der Waals surface area contributed by atoms with Crippen LogP contribution in [0, 0.1) is 19.3 Å². The number of carbonyl (C=O) groups is 1. The van der Waals surface area contributed by atoms with E-state index in [4.69, 9.17) is 10.8 Å². The molecule has 0 saturated heterocycles. The molecule has 0 bridgehead atoms. The highest BCUT2D eigenvalue weighted by atomic mass is 16.4. The minimum atomic E-state index is -0.875. The molecule has 0 aliphatic carbocycles. The average molecular weight is 221 g/mol. The Hall–Kier alpha value is -1.35. The molecule has 0 heterocycles. The number of rotatable bonds is 4. The Morgan fingerprint density at radius 2 is 1.81 bits per heavy atom. The van der Waals surface area contributed by atoms with Crippen LogP contribution in [0.2, 0.25) is 0 Å². The Morgan fingerprint density at radius 3 is 2.19 bits per heavy atom. The summed E-state index contributed by atoms with van der Waals surface area (Å²) in [6.07, 6.45) is 0.474. The molecule has 1 unspecified atom stereocenters. The van der Waals surface area contributed by atoms with Gasteiger partial charge < -0.3 is 10.8 Å². The van der Waals surface area contributed by atoms with Crippen LogP contribution in [0.5, 0.6) is 0 Å². The van der Waals surface area contributed by atoms with Crippen LogP contribution in [0.15, 0.2) is 18.2 Å². The quantitative estimate of drug-likeness (QED) is 0.816. The molecule has 0 aliphatic rings. The maximum Gasteiger partial charge on any atom is 0.310 e. The molecular weight excluding hydrogens is 202 g/mol. The van der Waals surface area contributed by atoms with Crippen molar-refractivity contribution in [3.63, 3.8) is 0 Å². The third-order valence-electron chi connectivity index (χ3n) is 2.84. The van der Waals surface area contributed by atoms with Crippen LogP contribution >= 0.6 is 0 Å². The highest BCUT2D eigenvalue weighted by Gasteiger charge is 2.31. The van der Waals surface area contributed by atoms with E-state index >= 15 is 0 Å². The van der Waals surface area contributed by atoms with E-state index in [-0.39, 0.29) is 6.54 Å². The van der Waals surface area contributed by atoms with Crippen molar-refractivity contribution >= 4 is 5.97 Å². The van der Waals surface area contributed by atoms with Gasteiger partial charge in [0.05, 0.1) is 5.41 Å². The second-order valence-electron chi connectivity index (χ2n) is 4.74. The summed E-state index contributed by atoms with van der Waals surface area (Å²) in [5.74, 6) is -0.839. The monoisotopic (exact) mass is 221 g/mol. The molecule has 3 heteroatoms. The lowest BCUT2D eigenvalue weighted by Crippen LogP contribution is -2.37. The number of benzene rings is 1. The number of hydrogen-bond acceptors (Lipinski definition) is 2. The van der Waals surface area contributed by atoms with Crippen molar-refractivity contribution in [1.82, 2.24) is 0 Å². The minimum absolute atomic E-state index is 0.148. The van der Waals surface area contributed by atoms with Gasteiger partial charge in [-0.05, 0) is 32.8 Å². The van der Waals surface area contributed by atoms with E-state index < -0.39 is 11.4 Å². The van der Waals surface area contributed by atoms with Gasteiger partial charge in [-0.2, -0.15) is 0 Å². The van der Waals surface area contributed by atoms with Crippen molar-refractivity contribution in [3.05, 3.63) is 34.9 Å². The first kappa shape index (κ1) is 12.7. The number of carboxylic acid groups (broad SMARTS) is 1. The number of hydrogen-bond donors (Lipinski definition) is 2. The van der Waals surface area contributed by atoms with Crippen molar-refractivity contribution in [2.24, 2.45) is 11.1 Å². The summed E-state index contributed by atoms with van der Waals surface area (Å²) in [4.78, 5) is 11.1. The third kappa shape index (κ3) is 2.83. The van der Waals surface area contributed by atoms with Gasteiger partial charge in [0, 0.05) is 6.54 Å². The zero-order valence-corrected chi connectivity index (χ0v) is 10.1. The summed E-state index contributed by atoms with van der Waals surface area (Å²) in [6, 6.07) is 6.11. The highest BCUT2D eigenvalue weighted by molar-refractivity contribution is 5.75. The first-order valence-electron chi connectivity index (χ1n) is 5.38. The largest absolute Gasteiger partial charge is 0.481 e. The van der Waals surface area contributed by atoms with Gasteiger partial charge in [-0.1, -0.05) is 29.3 Å². The second-order valence-corrected chi connectivity index (χ2v) is 4.74. The zero-order valence-electron chi connectivity index (χ0n) is 10.1. The highest BCUT2D eigenvalue weighted by Crippen LogP contribution is 2.23. The number of nitrogens with two attached hydrogens (primary N) is 1. The Labute approximate surface area is 96.3 Å². The van der Waals surface area contributed by atoms with Crippen molar-refractivity contribution in [3.8, 4) is 0 Å². The Morgan fingerprint density at radius 1 is 1.31 bits per heavy atom. The maximum atomic E-state index is 11.1. The molecule has 1 aromatic carbocycles. The fourth-order valence-electron chi connectivity index (χ4n) is 1.86. The number of carboxylic acids is 1. The molecule has 1 rings (SSSR count). The minimum Gasteiger partial charge on any atom is -0.481 e. The molecular formula is C13H19NO2. The van der Waals surface area contributed by atoms with Crippen molar-refractivity contribution in [2.75, 3.05) is 6.54 Å². The summed E-state index contributed by atoms with van der Waals surface area (Å²) in [5, 5.41) is 9.15. The summed E-state index contributed by atoms with van der Waals surface area (Å²) in [7, 11) is 0. The van der Waals surface area contributed by atoms with Gasteiger partial charge in [-0.25, -0.2) is 0 Å². The molecule has 0 amide bonds. The summed E-state index contributed by atoms with van der Waals surface area (Å²) in [6.45, 7) is 5.86. The molecule has 0 spiro atoms. The van der Waals surface area contributed by atoms with Crippen LogP contribution in [0.25, 0.3) is 0 Å². The summed E-state index contributed by atoms with van der Waals surface area (Å²) in [5.41, 5.74) is 8.02. The number of aliphatic carboxylic acids is 1. The predicted octanol–water partition coefficient (Wildman–Crippen LogP) is 1.90. The zero-order chi connectivity index (χ0) is 12.3. The molecule has 3 nitrogen and oxygen atoms in total. The molecule has 0 aromatic heterocycles. The Balaban J connectivity index is 2.99. The standard InChI is InChI=1S/C13H19NO2/c1-9-4-10(2)6-11(5-9)7-13(3,8-14)12(15)16/h4-6H,7-8,14H2,1-3H3,(H,15,16). The summed E-state index contributed by atoms with van der Waals surface area (Å²) >= 11 is 0. The predicted molar refractivity (Wildman–Crippen MR) is 64.4 cm³/mol. The van der Waals surface area contributed by atoms with Crippen LogP contribution in [0.3, 0.4) is 0 Å². The lowest BCUT2D eigenvalue weighted by molar-refractivity contribution is -0.147. The van der Waals surface area contributed by atoms with Gasteiger partial charge in [0.1, 0.15) is 0 Å². The average Bonchev–Trinajstić information content (AvgIpc) is 2.15. The molecule has 0 aliphatic heterocycles. The Bertz CT molecular complexity index is 381. The SMILES string of the molecule is Cc1cc(C)cc(CC(C)(CN)C(=O)O)c1. The van der Waals surface area contributed by atoms with E-state index in [0.29, 0.717) is 6.42 Å². The van der Waals surface area contributed by atoms with Crippen molar-refractivity contribution < 1.29 is 9.90 Å². The molecule has 1 atom stereocenters. The lowest BCUT2D eigenvalue weighted by Gasteiger charge is -2.23. The van der Waals surface area contributed by atoms with E-state index in [0.717, 1.165) is 16.7 Å². The van der Waals surface area contributed by atoms with Gasteiger partial charge in [0.15, 0.2) is 0 Å². The van der Waals surface area contributed by atoms with Crippen LogP contribution in [-0.4, -0.2) is 17.6 Å². The van der Waals surface area contributed by atoms with Gasteiger partial charge >= 0.3 is 5.97 Å². The van der Waals surface area contributed by atoms with E-state index in [1.807, 2.05) is 26.0 Å². The molecule has 88 valence electrons. The van der Waals surface area contributed by atoms with E-state index in [9.17, 15) is 4.79 Å². The fraction of sp³-hybridized carbons (Fsp3) is 0.462. The van der Waals surface area contributed by atoms with Gasteiger partial charge in [-0.3, -0.25) is 4.79 Å². The third-order valence-corrected chi connectivity index (χ3v) is 2.84. The van der Waals surface area contributed by atoms with Crippen LogP contribution < -0.4 is 5.73 Å². The van der Waals surface area contributed by atoms with Crippen molar-refractivity contribution in [1.29, 1.82) is 0 Å². The summed E-state index contributed by atoms with van der Waals surface area (Å²) < 4.78 is 0. The van der Waals surface area contributed by atoms with Crippen LogP contribution in [0.1, 0.15) is 23.6 Å². The smallest absolute Gasteiger partial charge is 0.310 e. The van der Waals surface area contributed by atoms with Crippen molar-refractivity contribution in [2.45, 2.75) is 27.2 Å². The van der Waals surface area contributed by atoms with Crippen LogP contribution in [-0.2, 0) is 11.2 Å². The van der Waals surface area contributed by atoms with E-state index in [1.54, 1.807) is 6.92 Å². The van der Waals surface area contributed by atoms with Gasteiger partial charge in [0.2, 0.25) is 0 Å². The molecule has 0 saturated carbocycles. The van der Waals surface area contributed by atoms with E-state index in [1.165, 1.54) is 0 Å². The maximum absolute atomic E-state index is 11.1. The van der Waals surface area contributed by atoms with Gasteiger partial charge in [0.25, 0.3) is 0 Å². The molecule has 0 radical (unpaired) electrons. The van der Waals surface area contributed by atoms with E-state index in [2.05, 4.69) is 6.07 Å². The lowest BCUT2D eigenvalue weighted by atomic mass is 9.83. The number of aryl methyl sites for hydroxylation is 2. The Kier molecular flexibility index (Phi) is 3.70. The van der Waals surface area contributed by atoms with Crippen LogP contribution in [0.4, 0.5) is 0 Å². The first-order chi connectivity index (χ1) is 7.37. The first-order valence-corrected chi connectivity index (χ1v) is 5.38. The fourth-order valence-corrected chi connectivity index (χ4v) is 1.86. The second kappa shape index (κ2) is 4.66. The normalized spacial score (nSPS) is 14.5.